The average Bonchev–Trinajstić information content (AvgIpc) is 3.47. The topological polar surface area (TPSA) is 375 Å². The maximum atomic E-state index is 10.6. The van der Waals surface area contributed by atoms with Crippen LogP contribution in [-0.4, -0.2) is 203 Å². The zero-order chi connectivity index (χ0) is 60.1. The number of hydrogen-bond donors (Lipinski definition) is 3. The predicted molar refractivity (Wildman–Crippen MR) is 352 cm³/mol. The van der Waals surface area contributed by atoms with Gasteiger partial charge in [0.2, 0.25) is 0 Å². The Balaban J connectivity index is -0.0000000812. The smallest absolute Gasteiger partial charge is 1.00 e. The fraction of sp³-hybridized carbons (Fsp3) is 0.667. The summed E-state index contributed by atoms with van der Waals surface area (Å²) in [5.41, 5.74) is 15.3. The largest absolute Gasteiger partial charge is 1.00 e. The van der Waals surface area contributed by atoms with Crippen LogP contribution in [0.3, 0.4) is 0 Å². The van der Waals surface area contributed by atoms with E-state index in [9.17, 15) is 4.79 Å². The molecule has 1 aromatic carbocycles. The second-order valence-corrected chi connectivity index (χ2v) is 27.4. The third-order valence-electron chi connectivity index (χ3n) is 10.5. The number of aromatic nitrogens is 2. The van der Waals surface area contributed by atoms with Crippen LogP contribution in [0.2, 0.25) is 24.2 Å². The van der Waals surface area contributed by atoms with Gasteiger partial charge < -0.3 is 121 Å². The summed E-state index contributed by atoms with van der Waals surface area (Å²) in [5, 5.41) is 7.00. The van der Waals surface area contributed by atoms with Gasteiger partial charge in [0, 0.05) is 144 Å². The van der Waals surface area contributed by atoms with Crippen molar-refractivity contribution in [2.45, 2.75) is 141 Å². The van der Waals surface area contributed by atoms with E-state index in [4.69, 9.17) is 69.7 Å². The molecule has 24 nitrogen and oxygen atoms in total. The summed E-state index contributed by atoms with van der Waals surface area (Å²) >= 11 is 0. The van der Waals surface area contributed by atoms with Crippen molar-refractivity contribution in [1.82, 2.24) is 9.97 Å². The molecule has 2 heterocycles. The summed E-state index contributed by atoms with van der Waals surface area (Å²) in [6, 6.07) is 25.2. The molecule has 0 amide bonds. The summed E-state index contributed by atoms with van der Waals surface area (Å²) in [7, 11) is -3.86. The van der Waals surface area contributed by atoms with Gasteiger partial charge in [0.05, 0.1) is 11.4 Å². The first-order valence-electron chi connectivity index (χ1n) is 27.7. The second-order valence-electron chi connectivity index (χ2n) is 16.1. The number of hydrogen-bond acceptors (Lipinski definition) is 21. The number of rotatable bonds is 37. The molecule has 3 rings (SSSR count). The van der Waals surface area contributed by atoms with Crippen LogP contribution in [0.1, 0.15) is 139 Å². The number of aliphatic imine (C=N–C) groups is 2. The molecular weight excluding hydrogens is 1300 g/mol. The van der Waals surface area contributed by atoms with Gasteiger partial charge >= 0.3 is 52.3 Å². The molecule has 0 aliphatic heterocycles. The van der Waals surface area contributed by atoms with Gasteiger partial charge in [0.15, 0.2) is 5.78 Å². The van der Waals surface area contributed by atoms with Gasteiger partial charge in [-0.05, 0) is 132 Å². The van der Waals surface area contributed by atoms with Crippen LogP contribution in [0.25, 0.3) is 0 Å². The third kappa shape index (κ3) is 53.3. The average molecular weight is 1420 g/mol. The van der Waals surface area contributed by atoms with Crippen molar-refractivity contribution >= 4 is 52.4 Å². The number of carbonyl (C=O) groups is 1. The van der Waals surface area contributed by atoms with Crippen molar-refractivity contribution in [1.29, 1.82) is 0 Å². The van der Waals surface area contributed by atoms with Crippen LogP contribution >= 0.6 is 0 Å². The molecule has 530 valence electrons. The van der Waals surface area contributed by atoms with Gasteiger partial charge in [-0.1, -0.05) is 33.9 Å². The van der Waals surface area contributed by atoms with Crippen LogP contribution in [0.4, 0.5) is 0 Å². The molecule has 0 radical (unpaired) electrons. The molecule has 0 aliphatic carbocycles. The van der Waals surface area contributed by atoms with Crippen molar-refractivity contribution < 1.29 is 127 Å². The number of aliphatic hydroxyl groups excluding tert-OH is 1. The minimum atomic E-state index is -2.55. The molecule has 0 atom stereocenters. The van der Waals surface area contributed by atoms with E-state index in [2.05, 4.69) is 26.0 Å². The molecule has 0 saturated carbocycles. The minimum Gasteiger partial charge on any atom is -1.00 e. The molecule has 0 aliphatic rings. The maximum Gasteiger partial charge on any atom is 1.00 e. The molecule has 31 heteroatoms. The number of benzene rings is 1. The van der Waals surface area contributed by atoms with Crippen molar-refractivity contribution in [3.05, 3.63) is 96.1 Å². The first-order valence-corrected chi connectivity index (χ1v) is 35.4. The molecular formula is C57H120Cl2CuN6O18Si4-3. The van der Waals surface area contributed by atoms with E-state index in [1.54, 1.807) is 51.9 Å². The minimum absolute atomic E-state index is 0. The Morgan fingerprint density at radius 3 is 1.10 bits per heavy atom. The SMILES string of the molecule is C.C.CC(=O)c1ccccn1.CCO[Si](CCCN)(OC)OCC.CCO[Si](CCCN)(OCC)OCC.CCO[Si](CCCN=C(C)c1ccccn1)(OC)OCC.CCO[Si](CCN=C(C)c1[c-]cccc1)(OC)OCC.CO.O.O.O.[Cl-].[Cl-].[Cu+].[OH-]. The van der Waals surface area contributed by atoms with Gasteiger partial charge in [0.1, 0.15) is 5.69 Å². The number of Topliss-reactive ketones (excluding diaryl/α,β-unsaturated/α-hetero) is 1. The number of pyridine rings is 2. The van der Waals surface area contributed by atoms with Crippen molar-refractivity contribution in [3.63, 3.8) is 0 Å². The molecule has 0 bridgehead atoms. The van der Waals surface area contributed by atoms with E-state index >= 15 is 0 Å². The molecule has 0 fully saturated rings. The number of nitrogens with two attached hydrogens (primary N) is 2. The Labute approximate surface area is 559 Å². The molecule has 88 heavy (non-hydrogen) atoms. The summed E-state index contributed by atoms with van der Waals surface area (Å²) in [6.45, 7) is 31.3. The summed E-state index contributed by atoms with van der Waals surface area (Å²) in [6.07, 6.45) is 6.05. The molecule has 0 saturated heterocycles. The number of nitrogens with zero attached hydrogens (tertiary/aromatic N) is 4. The van der Waals surface area contributed by atoms with E-state index < -0.39 is 35.2 Å². The van der Waals surface area contributed by atoms with Gasteiger partial charge in [-0.25, -0.2) is 0 Å². The van der Waals surface area contributed by atoms with Gasteiger partial charge in [0.25, 0.3) is 0 Å². The van der Waals surface area contributed by atoms with E-state index in [1.165, 1.54) is 6.92 Å². The normalized spacial score (nSPS) is 10.6. The number of halogens is 2. The number of ketones is 1. The molecule has 12 N–H and O–H groups in total. The predicted octanol–water partition coefficient (Wildman–Crippen LogP) is 1.79. The van der Waals surface area contributed by atoms with Crippen LogP contribution in [0.5, 0.6) is 0 Å². The van der Waals surface area contributed by atoms with Crippen LogP contribution < -0.4 is 36.3 Å². The van der Waals surface area contributed by atoms with Crippen molar-refractivity contribution in [2.75, 3.05) is 114 Å². The fourth-order valence-corrected chi connectivity index (χ4v) is 16.3. The van der Waals surface area contributed by atoms with E-state index in [0.29, 0.717) is 90.8 Å². The van der Waals surface area contributed by atoms with Gasteiger partial charge in [-0.15, -0.1) is 35.9 Å². The van der Waals surface area contributed by atoms with Crippen molar-refractivity contribution in [2.24, 2.45) is 21.5 Å². The molecule has 0 spiro atoms. The molecule has 3 aromatic rings. The first kappa shape index (κ1) is 113. The first-order chi connectivity index (χ1) is 38.1. The van der Waals surface area contributed by atoms with E-state index in [-0.39, 0.29) is 84.4 Å². The van der Waals surface area contributed by atoms with Gasteiger partial charge in [-0.2, -0.15) is 0 Å². The summed E-state index contributed by atoms with van der Waals surface area (Å²) in [4.78, 5) is 27.8. The third-order valence-corrected chi connectivity index (χ3v) is 22.7. The van der Waals surface area contributed by atoms with Crippen LogP contribution in [0.15, 0.2) is 83.0 Å². The van der Waals surface area contributed by atoms with Crippen LogP contribution in [0, 0.1) is 6.07 Å². The fourth-order valence-electron chi connectivity index (χ4n) is 7.01. The molecule has 0 unspecified atom stereocenters. The standard InChI is InChI=1S/C15H26N2O3Si.C15H24NO3Si.C9H23NO3Si.C8H21NO3Si.C7H7NO.CH4O.2CH4.2ClH.Cu.4H2O/c1-5-19-21(18-4,20-6-2)13-9-12-16-14(3)15-10-7-8-11-17-15;1-5-18-20(17-4,19-6-2)13-12-16-14(3)15-10-8-7-9-11-15;1-4-11-14(12-5-2,13-6-3)9-7-8-10;1-4-11-13(10-3,12-5-2)8-6-7-9;1-6(9)7-4-2-3-5-8-7;1-2;;;;;;;;;/h7-8,10-11H,5-6,9,12-13H2,1-4H3;7-10H,5-6,12-13H2,1-4H3;4-10H2,1-3H3;4-9H2,1-3H3;2-5H,1H3;2H,1H3;2*1H4;2*1H;;4*1H2/q;-1;;;;;;;;;+1;;;;/p-3. The molecule has 2 aromatic heterocycles. The number of carbonyl (C=O) groups excluding carboxylic acids is 1. The zero-order valence-electron chi connectivity index (χ0n) is 54.3. The monoisotopic (exact) mass is 1420 g/mol. The zero-order valence-corrected chi connectivity index (χ0v) is 60.7. The maximum absolute atomic E-state index is 10.6. The van der Waals surface area contributed by atoms with Crippen molar-refractivity contribution in [3.8, 4) is 0 Å². The Bertz CT molecular complexity index is 1890. The Kier molecular flexibility index (Phi) is 97.1. The van der Waals surface area contributed by atoms with Crippen LogP contribution in [-0.2, 0) is 70.2 Å². The second kappa shape index (κ2) is 75.5. The summed E-state index contributed by atoms with van der Waals surface area (Å²) in [5.74, 6) is 0.00981. The quantitative estimate of drug-likeness (QED) is 0.0243. The number of aliphatic hydroxyl groups is 1. The Hall–Kier alpha value is -2.26. The van der Waals surface area contributed by atoms with E-state index in [0.717, 1.165) is 73.7 Å². The van der Waals surface area contributed by atoms with Gasteiger partial charge in [-0.3, -0.25) is 19.8 Å². The Morgan fingerprint density at radius 2 is 0.807 bits per heavy atom. The Morgan fingerprint density at radius 1 is 0.489 bits per heavy atom. The summed E-state index contributed by atoms with van der Waals surface area (Å²) < 4.78 is 67.4. The van der Waals surface area contributed by atoms with E-state index in [1.807, 2.05) is 119 Å².